The Morgan fingerprint density at radius 1 is 1.17 bits per heavy atom. The minimum atomic E-state index is -4.37. The predicted octanol–water partition coefficient (Wildman–Crippen LogP) is 5.83. The van der Waals surface area contributed by atoms with Crippen molar-refractivity contribution in [3.05, 3.63) is 77.4 Å². The monoisotopic (exact) mass is 499 g/mol. The number of anilines is 2. The van der Waals surface area contributed by atoms with Gasteiger partial charge in [0.05, 0.1) is 5.56 Å². The Hall–Kier alpha value is -3.55. The van der Waals surface area contributed by atoms with E-state index >= 15 is 0 Å². The van der Waals surface area contributed by atoms with Gasteiger partial charge in [-0.3, -0.25) is 9.59 Å². The topological polar surface area (TPSA) is 61.4 Å². The molecule has 5 nitrogen and oxygen atoms in total. The van der Waals surface area contributed by atoms with E-state index in [4.69, 9.17) is 0 Å². The van der Waals surface area contributed by atoms with Crippen LogP contribution in [0.5, 0.6) is 0 Å². The zero-order chi connectivity index (χ0) is 26.5. The summed E-state index contributed by atoms with van der Waals surface area (Å²) in [5, 5.41) is 6.00. The van der Waals surface area contributed by atoms with Gasteiger partial charge in [-0.1, -0.05) is 51.1 Å². The number of hydrogen-bond acceptors (Lipinski definition) is 3. The van der Waals surface area contributed by atoms with Crippen molar-refractivity contribution < 1.29 is 22.8 Å². The molecule has 2 atom stereocenters. The average Bonchev–Trinajstić information content (AvgIpc) is 2.80. The van der Waals surface area contributed by atoms with Gasteiger partial charge in [0.15, 0.2) is 0 Å². The maximum atomic E-state index is 12.8. The first kappa shape index (κ1) is 27.0. The summed E-state index contributed by atoms with van der Waals surface area (Å²) in [6, 6.07) is 10.2. The van der Waals surface area contributed by atoms with E-state index in [1.165, 1.54) is 24.3 Å². The van der Waals surface area contributed by atoms with Crippen LogP contribution in [0.3, 0.4) is 0 Å². The van der Waals surface area contributed by atoms with Crippen LogP contribution >= 0.6 is 0 Å². The van der Waals surface area contributed by atoms with Gasteiger partial charge in [-0.2, -0.15) is 13.2 Å². The van der Waals surface area contributed by atoms with Gasteiger partial charge in [0.25, 0.3) is 0 Å². The number of likely N-dealkylation sites (N-methyl/N-ethyl adjacent to an activating group) is 1. The second-order valence-electron chi connectivity index (χ2n) is 9.29. The molecule has 0 saturated heterocycles. The molecule has 2 aromatic rings. The van der Waals surface area contributed by atoms with Gasteiger partial charge in [0, 0.05) is 30.5 Å². The Balaban J connectivity index is 1.70. The molecule has 0 saturated carbocycles. The van der Waals surface area contributed by atoms with Crippen molar-refractivity contribution in [1.29, 1.82) is 0 Å². The number of rotatable bonds is 6. The van der Waals surface area contributed by atoms with Crippen molar-refractivity contribution in [1.82, 2.24) is 5.32 Å². The highest BCUT2D eigenvalue weighted by molar-refractivity contribution is 5.99. The Labute approximate surface area is 210 Å². The summed E-state index contributed by atoms with van der Waals surface area (Å²) in [6.45, 7) is 6.08. The van der Waals surface area contributed by atoms with Crippen molar-refractivity contribution in [3.8, 4) is 0 Å². The van der Waals surface area contributed by atoms with Gasteiger partial charge in [-0.15, -0.1) is 0 Å². The normalized spacial score (nSPS) is 18.8. The first-order valence-corrected chi connectivity index (χ1v) is 12.0. The van der Waals surface area contributed by atoms with Gasteiger partial charge in [-0.25, -0.2) is 0 Å². The first-order chi connectivity index (χ1) is 17.0. The van der Waals surface area contributed by atoms with Crippen molar-refractivity contribution in [2.45, 2.75) is 51.9 Å². The third-order valence-corrected chi connectivity index (χ3v) is 6.24. The second-order valence-corrected chi connectivity index (χ2v) is 9.29. The summed E-state index contributed by atoms with van der Waals surface area (Å²) in [5.41, 5.74) is 2.54. The summed E-state index contributed by atoms with van der Waals surface area (Å²) in [4.78, 5) is 27.2. The van der Waals surface area contributed by atoms with E-state index < -0.39 is 11.7 Å². The van der Waals surface area contributed by atoms with Crippen LogP contribution in [0.1, 0.15) is 43.9 Å². The number of alkyl halides is 3. The minimum Gasteiger partial charge on any atom is -0.362 e. The molecule has 1 aliphatic rings. The number of carbonyl (C=O) groups excluding carboxylic acids is 2. The van der Waals surface area contributed by atoms with E-state index in [1.54, 1.807) is 12.2 Å². The van der Waals surface area contributed by atoms with Crippen LogP contribution in [-0.2, 0) is 22.2 Å². The number of allylic oxidation sites excluding steroid dienone is 2. The van der Waals surface area contributed by atoms with Gasteiger partial charge >= 0.3 is 6.18 Å². The number of carbonyl (C=O) groups is 2. The van der Waals surface area contributed by atoms with Crippen LogP contribution in [-0.4, -0.2) is 30.9 Å². The maximum absolute atomic E-state index is 12.8. The molecule has 0 radical (unpaired) electrons. The van der Waals surface area contributed by atoms with Crippen molar-refractivity contribution in [2.75, 3.05) is 17.3 Å². The van der Waals surface area contributed by atoms with Crippen LogP contribution in [0.4, 0.5) is 24.5 Å². The van der Waals surface area contributed by atoms with Crippen LogP contribution in [0.2, 0.25) is 0 Å². The molecule has 192 valence electrons. The Bertz CT molecular complexity index is 1140. The molecule has 1 aliphatic heterocycles. The summed E-state index contributed by atoms with van der Waals surface area (Å²) >= 11 is 0. The van der Waals surface area contributed by atoms with E-state index in [9.17, 15) is 22.8 Å². The van der Waals surface area contributed by atoms with Crippen molar-refractivity contribution in [3.63, 3.8) is 0 Å². The summed E-state index contributed by atoms with van der Waals surface area (Å²) in [6.07, 6.45) is 3.18. The fourth-order valence-electron chi connectivity index (χ4n) is 4.37. The number of nitrogens with one attached hydrogen (secondary N) is 2. The maximum Gasteiger partial charge on any atom is 0.416 e. The quantitative estimate of drug-likeness (QED) is 0.389. The van der Waals surface area contributed by atoms with Gasteiger partial charge in [-0.05, 0) is 60.2 Å². The van der Waals surface area contributed by atoms with Crippen LogP contribution in [0, 0.1) is 5.92 Å². The number of fused-ring (bicyclic) bond motifs is 1. The van der Waals surface area contributed by atoms with E-state index in [1.807, 2.05) is 50.9 Å². The fourth-order valence-corrected chi connectivity index (χ4v) is 4.37. The number of benzene rings is 2. The Morgan fingerprint density at radius 3 is 2.47 bits per heavy atom. The minimum absolute atomic E-state index is 0.00684. The smallest absolute Gasteiger partial charge is 0.362 e. The van der Waals surface area contributed by atoms with Crippen LogP contribution in [0.25, 0.3) is 6.08 Å². The number of halogens is 3. The molecule has 3 rings (SSSR count). The summed E-state index contributed by atoms with van der Waals surface area (Å²) in [5.74, 6) is -0.179. The van der Waals surface area contributed by atoms with Crippen molar-refractivity contribution in [2.24, 2.45) is 5.92 Å². The van der Waals surface area contributed by atoms with E-state index in [-0.39, 0.29) is 29.8 Å². The lowest BCUT2D eigenvalue weighted by Gasteiger charge is -2.37. The molecule has 1 heterocycles. The summed E-state index contributed by atoms with van der Waals surface area (Å²) in [7, 11) is 1.92. The first-order valence-electron chi connectivity index (χ1n) is 12.0. The molecule has 2 amide bonds. The average molecular weight is 500 g/mol. The second kappa shape index (κ2) is 11.5. The van der Waals surface area contributed by atoms with E-state index in [2.05, 4.69) is 10.6 Å². The lowest BCUT2D eigenvalue weighted by atomic mass is 9.94. The predicted molar refractivity (Wildman–Crippen MR) is 138 cm³/mol. The highest BCUT2D eigenvalue weighted by atomic mass is 19.4. The number of hydrogen-bond donors (Lipinski definition) is 2. The van der Waals surface area contributed by atoms with Crippen LogP contribution in [0.15, 0.2) is 60.7 Å². The highest BCUT2D eigenvalue weighted by Gasteiger charge is 2.32. The number of nitrogens with zero attached hydrogens (tertiary/aromatic N) is 1. The van der Waals surface area contributed by atoms with Gasteiger partial charge < -0.3 is 15.5 Å². The Kier molecular flexibility index (Phi) is 8.61. The number of amides is 2. The zero-order valence-corrected chi connectivity index (χ0v) is 20.9. The molecule has 0 bridgehead atoms. The highest BCUT2D eigenvalue weighted by Crippen LogP contribution is 2.31. The third kappa shape index (κ3) is 6.77. The van der Waals surface area contributed by atoms with Gasteiger partial charge in [0.2, 0.25) is 11.8 Å². The molecular formula is C28H32F3N3O2. The SMILES string of the molecule is CC[C@@H]1Cc2cc(NC(=O)/C=C/C=C/c3ccc(C(F)(F)F)cc3)ccc2N(C)[C@@H](C(C)C)C(=O)N1. The van der Waals surface area contributed by atoms with E-state index in [0.29, 0.717) is 17.7 Å². The molecule has 2 N–H and O–H groups in total. The Morgan fingerprint density at radius 2 is 1.86 bits per heavy atom. The van der Waals surface area contributed by atoms with Crippen LogP contribution < -0.4 is 15.5 Å². The standard InChI is InChI=1S/C28H32F3N3O2/c1-5-22-16-20-17-23(14-15-24(20)34(4)26(18(2)3)27(36)33-22)32-25(35)9-7-6-8-19-10-12-21(13-11-19)28(29,30)31/h6-15,17-18,22,26H,5,16H2,1-4H3,(H,32,35)(H,33,36)/b8-6+,9-7+/t22-,26+/m1/s1. The molecule has 0 unspecified atom stereocenters. The summed E-state index contributed by atoms with van der Waals surface area (Å²) < 4.78 is 38.0. The molecule has 8 heteroatoms. The van der Waals surface area contributed by atoms with Gasteiger partial charge in [0.1, 0.15) is 6.04 Å². The molecule has 36 heavy (non-hydrogen) atoms. The van der Waals surface area contributed by atoms with E-state index in [0.717, 1.165) is 29.8 Å². The molecular weight excluding hydrogens is 467 g/mol. The third-order valence-electron chi connectivity index (χ3n) is 6.24. The van der Waals surface area contributed by atoms with Crippen molar-refractivity contribution >= 4 is 29.3 Å². The fraction of sp³-hybridized carbons (Fsp3) is 0.357. The lowest BCUT2D eigenvalue weighted by molar-refractivity contribution is -0.137. The molecule has 0 fully saturated rings. The molecule has 0 aromatic heterocycles. The lowest BCUT2D eigenvalue weighted by Crippen LogP contribution is -2.53. The molecule has 2 aromatic carbocycles. The largest absolute Gasteiger partial charge is 0.416 e. The molecule has 0 aliphatic carbocycles. The zero-order valence-electron chi connectivity index (χ0n) is 20.9. The molecule has 0 spiro atoms.